The number of aromatic nitrogens is 3. The van der Waals surface area contributed by atoms with E-state index in [1.807, 2.05) is 39.0 Å². The Morgan fingerprint density at radius 3 is 2.36 bits per heavy atom. The third-order valence-electron chi connectivity index (χ3n) is 4.12. The Kier molecular flexibility index (Phi) is 5.18. The fourth-order valence-electron chi connectivity index (χ4n) is 2.97. The maximum atomic E-state index is 12.2. The minimum Gasteiger partial charge on any atom is -0.467 e. The molecular formula is C21H23N3O4. The summed E-state index contributed by atoms with van der Waals surface area (Å²) in [6.45, 7) is 7.01. The van der Waals surface area contributed by atoms with Crippen LogP contribution in [-0.2, 0) is 16.1 Å². The van der Waals surface area contributed by atoms with Crippen LogP contribution >= 0.6 is 0 Å². The number of nitrogens with zero attached hydrogens (tertiary/aromatic N) is 3. The number of rotatable bonds is 5. The number of methoxy groups -OCH3 is 1. The number of esters is 1. The fourth-order valence-corrected chi connectivity index (χ4v) is 2.97. The van der Waals surface area contributed by atoms with Crippen molar-refractivity contribution in [1.29, 1.82) is 0 Å². The molecule has 2 heterocycles. The quantitative estimate of drug-likeness (QED) is 0.495. The predicted molar refractivity (Wildman–Crippen MR) is 105 cm³/mol. The van der Waals surface area contributed by atoms with Gasteiger partial charge in [-0.25, -0.2) is 9.97 Å². The first-order valence-electron chi connectivity index (χ1n) is 8.90. The van der Waals surface area contributed by atoms with Gasteiger partial charge in [0.1, 0.15) is 12.1 Å². The number of ketones is 1. The maximum absolute atomic E-state index is 12.2. The van der Waals surface area contributed by atoms with E-state index in [2.05, 4.69) is 9.97 Å². The van der Waals surface area contributed by atoms with Crippen molar-refractivity contribution in [3.63, 3.8) is 0 Å². The van der Waals surface area contributed by atoms with E-state index in [9.17, 15) is 9.59 Å². The summed E-state index contributed by atoms with van der Waals surface area (Å²) in [7, 11) is 1.51. The van der Waals surface area contributed by atoms with E-state index in [-0.39, 0.29) is 24.3 Å². The summed E-state index contributed by atoms with van der Waals surface area (Å²) in [6, 6.07) is 5.98. The minimum absolute atomic E-state index is 0.0338. The third-order valence-corrected chi connectivity index (χ3v) is 4.12. The SMILES string of the molecule is COc1ncc(-c2ccc3c(c2)c(C(C)=O)cn3CC(=O)OC(C)(C)C)cn1. The van der Waals surface area contributed by atoms with E-state index in [0.717, 1.165) is 22.0 Å². The van der Waals surface area contributed by atoms with Crippen molar-refractivity contribution < 1.29 is 19.1 Å². The molecule has 0 unspecified atom stereocenters. The maximum Gasteiger partial charge on any atom is 0.326 e. The number of fused-ring (bicyclic) bond motifs is 1. The van der Waals surface area contributed by atoms with Gasteiger partial charge in [-0.1, -0.05) is 6.07 Å². The molecule has 0 atom stereocenters. The van der Waals surface area contributed by atoms with Gasteiger partial charge in [0.25, 0.3) is 0 Å². The van der Waals surface area contributed by atoms with Crippen LogP contribution in [0.2, 0.25) is 0 Å². The van der Waals surface area contributed by atoms with Crippen LogP contribution in [-0.4, -0.2) is 39.0 Å². The van der Waals surface area contributed by atoms with Crippen LogP contribution in [0.1, 0.15) is 38.1 Å². The number of ether oxygens (including phenoxy) is 2. The molecule has 3 rings (SSSR count). The van der Waals surface area contributed by atoms with Crippen molar-refractivity contribution in [2.24, 2.45) is 0 Å². The molecule has 0 amide bonds. The summed E-state index contributed by atoms with van der Waals surface area (Å²) in [5.41, 5.74) is 2.44. The van der Waals surface area contributed by atoms with Crippen molar-refractivity contribution in [1.82, 2.24) is 14.5 Å². The standard InChI is InChI=1S/C21H23N3O4/c1-13(25)17-11-24(12-19(26)28-21(2,3)4)18-7-6-14(8-16(17)18)15-9-22-20(27-5)23-10-15/h6-11H,12H2,1-5H3. The molecule has 0 N–H and O–H groups in total. The Labute approximate surface area is 163 Å². The zero-order valence-corrected chi connectivity index (χ0v) is 16.6. The normalized spacial score (nSPS) is 11.5. The zero-order chi connectivity index (χ0) is 20.5. The second-order valence-electron chi connectivity index (χ2n) is 7.50. The molecule has 0 aliphatic carbocycles. The lowest BCUT2D eigenvalue weighted by Crippen LogP contribution is -2.26. The molecule has 7 nitrogen and oxygen atoms in total. The highest BCUT2D eigenvalue weighted by atomic mass is 16.6. The van der Waals surface area contributed by atoms with Crippen LogP contribution in [0, 0.1) is 0 Å². The van der Waals surface area contributed by atoms with Crippen LogP contribution in [0.25, 0.3) is 22.0 Å². The smallest absolute Gasteiger partial charge is 0.326 e. The molecule has 0 saturated heterocycles. The molecule has 28 heavy (non-hydrogen) atoms. The van der Waals surface area contributed by atoms with E-state index in [4.69, 9.17) is 9.47 Å². The molecule has 3 aromatic rings. The molecule has 2 aromatic heterocycles. The Morgan fingerprint density at radius 2 is 1.79 bits per heavy atom. The Hall–Kier alpha value is -3.22. The summed E-state index contributed by atoms with van der Waals surface area (Å²) in [6.07, 6.45) is 5.03. The van der Waals surface area contributed by atoms with Crippen LogP contribution in [0.4, 0.5) is 0 Å². The Balaban J connectivity index is 2.01. The van der Waals surface area contributed by atoms with E-state index in [0.29, 0.717) is 5.56 Å². The van der Waals surface area contributed by atoms with E-state index in [1.165, 1.54) is 14.0 Å². The van der Waals surface area contributed by atoms with Gasteiger partial charge in [-0.2, -0.15) is 0 Å². The highest BCUT2D eigenvalue weighted by Gasteiger charge is 2.19. The van der Waals surface area contributed by atoms with Crippen molar-refractivity contribution in [3.05, 3.63) is 42.4 Å². The summed E-state index contributed by atoms with van der Waals surface area (Å²) in [5, 5.41) is 0.768. The van der Waals surface area contributed by atoms with Crippen LogP contribution in [0.3, 0.4) is 0 Å². The molecule has 1 aromatic carbocycles. The highest BCUT2D eigenvalue weighted by Crippen LogP contribution is 2.28. The molecule has 0 bridgehead atoms. The van der Waals surface area contributed by atoms with E-state index < -0.39 is 5.60 Å². The summed E-state index contributed by atoms with van der Waals surface area (Å²) in [5.74, 6) is -0.428. The van der Waals surface area contributed by atoms with Gasteiger partial charge in [-0.3, -0.25) is 9.59 Å². The molecule has 0 spiro atoms. The largest absolute Gasteiger partial charge is 0.467 e. The molecule has 0 aliphatic heterocycles. The highest BCUT2D eigenvalue weighted by molar-refractivity contribution is 6.08. The van der Waals surface area contributed by atoms with Gasteiger partial charge in [0, 0.05) is 40.6 Å². The van der Waals surface area contributed by atoms with Crippen LogP contribution < -0.4 is 4.74 Å². The van der Waals surface area contributed by atoms with Gasteiger partial charge in [0.2, 0.25) is 0 Å². The first-order valence-corrected chi connectivity index (χ1v) is 8.90. The van der Waals surface area contributed by atoms with E-state index in [1.54, 1.807) is 23.2 Å². The zero-order valence-electron chi connectivity index (χ0n) is 16.6. The molecule has 0 fully saturated rings. The Morgan fingerprint density at radius 1 is 1.11 bits per heavy atom. The minimum atomic E-state index is -0.565. The number of benzene rings is 1. The molecular weight excluding hydrogens is 358 g/mol. The lowest BCUT2D eigenvalue weighted by molar-refractivity contribution is -0.155. The molecule has 146 valence electrons. The second-order valence-corrected chi connectivity index (χ2v) is 7.50. The van der Waals surface area contributed by atoms with Crippen LogP contribution in [0.5, 0.6) is 6.01 Å². The van der Waals surface area contributed by atoms with Crippen molar-refractivity contribution in [3.8, 4) is 17.1 Å². The fraction of sp³-hybridized carbons (Fsp3) is 0.333. The summed E-state index contributed by atoms with van der Waals surface area (Å²) in [4.78, 5) is 32.6. The van der Waals surface area contributed by atoms with Gasteiger partial charge in [0.05, 0.1) is 7.11 Å². The van der Waals surface area contributed by atoms with Crippen molar-refractivity contribution in [2.75, 3.05) is 7.11 Å². The summed E-state index contributed by atoms with van der Waals surface area (Å²) < 4.78 is 12.1. The van der Waals surface area contributed by atoms with Crippen molar-refractivity contribution >= 4 is 22.7 Å². The molecule has 7 heteroatoms. The monoisotopic (exact) mass is 381 g/mol. The van der Waals surface area contributed by atoms with Gasteiger partial charge in [-0.05, 0) is 45.4 Å². The number of Topliss-reactive ketones (excluding diaryl/α,β-unsaturated/α-hetero) is 1. The lowest BCUT2D eigenvalue weighted by Gasteiger charge is -2.19. The number of carbonyl (C=O) groups is 2. The van der Waals surface area contributed by atoms with Gasteiger partial charge < -0.3 is 14.0 Å². The van der Waals surface area contributed by atoms with Crippen LogP contribution in [0.15, 0.2) is 36.8 Å². The average Bonchev–Trinajstić information content (AvgIpc) is 2.98. The number of hydrogen-bond donors (Lipinski definition) is 0. The van der Waals surface area contributed by atoms with Gasteiger partial charge in [0.15, 0.2) is 5.78 Å². The average molecular weight is 381 g/mol. The van der Waals surface area contributed by atoms with Gasteiger partial charge in [-0.15, -0.1) is 0 Å². The van der Waals surface area contributed by atoms with Crippen molar-refractivity contribution in [2.45, 2.75) is 39.8 Å². The van der Waals surface area contributed by atoms with Gasteiger partial charge >= 0.3 is 12.0 Å². The molecule has 0 radical (unpaired) electrons. The molecule has 0 saturated carbocycles. The second kappa shape index (κ2) is 7.42. The Bertz CT molecular complexity index is 1030. The topological polar surface area (TPSA) is 83.3 Å². The number of carbonyl (C=O) groups excluding carboxylic acids is 2. The molecule has 0 aliphatic rings. The first-order chi connectivity index (χ1) is 13.2. The number of hydrogen-bond acceptors (Lipinski definition) is 6. The van der Waals surface area contributed by atoms with E-state index >= 15 is 0 Å². The predicted octanol–water partition coefficient (Wildman–Crippen LogP) is 3.65. The summed E-state index contributed by atoms with van der Waals surface area (Å²) >= 11 is 0. The first kappa shape index (κ1) is 19.5. The third kappa shape index (κ3) is 4.19. The lowest BCUT2D eigenvalue weighted by atomic mass is 10.0.